The molecule has 4 N–H and O–H groups in total. The van der Waals surface area contributed by atoms with E-state index in [1.165, 1.54) is 0 Å². The zero-order chi connectivity index (χ0) is 16.5. The van der Waals surface area contributed by atoms with Crippen molar-refractivity contribution in [2.24, 2.45) is 0 Å². The minimum atomic E-state index is -4.12. The van der Waals surface area contributed by atoms with Gasteiger partial charge < -0.3 is 24.4 Å². The quantitative estimate of drug-likeness (QED) is 0.458. The lowest BCUT2D eigenvalue weighted by molar-refractivity contribution is -0.107. The summed E-state index contributed by atoms with van der Waals surface area (Å²) in [5.41, 5.74) is -3.23. The molecule has 1 fully saturated rings. The monoisotopic (exact) mass is 336 g/mol. The molecule has 2 heterocycles. The largest absolute Gasteiger partial charge is 0.394 e. The second kappa shape index (κ2) is 6.07. The molecule has 0 spiro atoms. The number of nitrogens with zero attached hydrogens (tertiary/aromatic N) is 1. The molecular weight excluding hydrogens is 319 g/mol. The van der Waals surface area contributed by atoms with E-state index in [-0.39, 0.29) is 6.42 Å². The lowest BCUT2D eigenvalue weighted by Crippen LogP contribution is -2.46. The number of aliphatic hydroxyl groups is 2. The number of hydrogen-bond donors (Lipinski definition) is 4. The molecule has 0 aromatic carbocycles. The predicted octanol–water partition coefficient (Wildman–Crippen LogP) is -1.84. The molecule has 1 saturated heterocycles. The van der Waals surface area contributed by atoms with Crippen LogP contribution in [-0.2, 0) is 19.6 Å². The fourth-order valence-electron chi connectivity index (χ4n) is 2.47. The summed E-state index contributed by atoms with van der Waals surface area (Å²) >= 11 is 0. The van der Waals surface area contributed by atoms with E-state index in [4.69, 9.17) is 4.74 Å². The van der Waals surface area contributed by atoms with Crippen molar-refractivity contribution in [3.05, 3.63) is 33.1 Å². The van der Waals surface area contributed by atoms with Gasteiger partial charge in [0.15, 0.2) is 5.72 Å². The average Bonchev–Trinajstić information content (AvgIpc) is 2.74. The van der Waals surface area contributed by atoms with Gasteiger partial charge in [0.1, 0.15) is 6.10 Å². The molecule has 0 saturated carbocycles. The molecule has 0 amide bonds. The Morgan fingerprint density at radius 1 is 1.59 bits per heavy atom. The molecular formula is C11H17N2O8P. The van der Waals surface area contributed by atoms with Crippen molar-refractivity contribution in [1.82, 2.24) is 9.55 Å². The highest BCUT2D eigenvalue weighted by molar-refractivity contribution is 7.52. The van der Waals surface area contributed by atoms with E-state index in [9.17, 15) is 29.3 Å². The van der Waals surface area contributed by atoms with E-state index in [2.05, 4.69) is 4.52 Å². The summed E-state index contributed by atoms with van der Waals surface area (Å²) in [5, 5.41) is 19.1. The first kappa shape index (κ1) is 17.1. The SMILES string of the molecule is COP(=O)(O)C[C@]1(n2ccc(=O)[nH]c2=O)C[C@H](O)[C@@H](CO)O1. The molecule has 1 unspecified atom stereocenters. The molecule has 0 aliphatic carbocycles. The second-order valence-electron chi connectivity index (χ2n) is 5.01. The maximum absolute atomic E-state index is 12.0. The first-order valence-electron chi connectivity index (χ1n) is 6.40. The number of ether oxygens (including phenoxy) is 1. The van der Waals surface area contributed by atoms with Crippen LogP contribution in [-0.4, -0.2) is 56.7 Å². The first-order valence-corrected chi connectivity index (χ1v) is 8.16. The summed E-state index contributed by atoms with van der Waals surface area (Å²) in [6, 6.07) is 1.04. The zero-order valence-electron chi connectivity index (χ0n) is 11.7. The number of hydrogen-bond acceptors (Lipinski definition) is 7. The molecule has 1 aromatic rings. The van der Waals surface area contributed by atoms with Crippen LogP contribution in [0.3, 0.4) is 0 Å². The number of H-pyrrole nitrogens is 1. The van der Waals surface area contributed by atoms with E-state index in [1.54, 1.807) is 0 Å². The van der Waals surface area contributed by atoms with Crippen molar-refractivity contribution in [2.75, 3.05) is 19.9 Å². The van der Waals surface area contributed by atoms with Gasteiger partial charge in [-0.25, -0.2) is 4.79 Å². The van der Waals surface area contributed by atoms with Gasteiger partial charge in [-0.05, 0) is 0 Å². The van der Waals surface area contributed by atoms with Gasteiger partial charge in [-0.3, -0.25) is 18.9 Å². The topological polar surface area (TPSA) is 151 Å². The minimum absolute atomic E-state index is 0.224. The predicted molar refractivity (Wildman–Crippen MR) is 73.6 cm³/mol. The zero-order valence-corrected chi connectivity index (χ0v) is 12.6. The minimum Gasteiger partial charge on any atom is -0.394 e. The Kier molecular flexibility index (Phi) is 4.71. The van der Waals surface area contributed by atoms with Crippen LogP contribution in [0, 0.1) is 0 Å². The normalized spacial score (nSPS) is 31.1. The number of aromatic nitrogens is 2. The standard InChI is InChI=1S/C11H17N2O8P/c1-20-22(18,19)6-11(4-7(15)8(5-14)21-11)13-3-2-9(16)12-10(13)17/h2-3,7-8,14-15H,4-6H2,1H3,(H,18,19)(H,12,16,17)/t7-,8+,11-/m0/s1. The van der Waals surface area contributed by atoms with Gasteiger partial charge in [-0.15, -0.1) is 0 Å². The molecule has 4 atom stereocenters. The summed E-state index contributed by atoms with van der Waals surface area (Å²) in [4.78, 5) is 34.9. The third kappa shape index (κ3) is 3.22. The number of rotatable bonds is 5. The molecule has 10 nitrogen and oxygen atoms in total. The summed E-state index contributed by atoms with van der Waals surface area (Å²) in [7, 11) is -3.09. The van der Waals surface area contributed by atoms with Crippen LogP contribution in [0.15, 0.2) is 21.9 Å². The molecule has 1 aliphatic rings. The van der Waals surface area contributed by atoms with Crippen LogP contribution in [0.2, 0.25) is 0 Å². The first-order chi connectivity index (χ1) is 10.2. The Morgan fingerprint density at radius 2 is 2.27 bits per heavy atom. The number of nitrogens with one attached hydrogen (secondary N) is 1. The molecule has 1 aliphatic heterocycles. The van der Waals surface area contributed by atoms with E-state index < -0.39 is 49.5 Å². The summed E-state index contributed by atoms with van der Waals surface area (Å²) < 4.78 is 22.8. The highest BCUT2D eigenvalue weighted by Crippen LogP contribution is 2.49. The van der Waals surface area contributed by atoms with Crippen LogP contribution < -0.4 is 11.2 Å². The maximum atomic E-state index is 12.0. The van der Waals surface area contributed by atoms with Crippen molar-refractivity contribution in [2.45, 2.75) is 24.4 Å². The van der Waals surface area contributed by atoms with Crippen molar-refractivity contribution in [3.8, 4) is 0 Å². The van der Waals surface area contributed by atoms with Gasteiger partial charge in [-0.1, -0.05) is 0 Å². The molecule has 11 heteroatoms. The average molecular weight is 336 g/mol. The smallest absolute Gasteiger partial charge is 0.332 e. The van der Waals surface area contributed by atoms with Crippen LogP contribution in [0.1, 0.15) is 6.42 Å². The summed E-state index contributed by atoms with van der Waals surface area (Å²) in [5.74, 6) is 0. The Morgan fingerprint density at radius 3 is 2.77 bits per heavy atom. The Balaban J connectivity index is 2.54. The van der Waals surface area contributed by atoms with Crippen molar-refractivity contribution in [1.29, 1.82) is 0 Å². The van der Waals surface area contributed by atoms with E-state index >= 15 is 0 Å². The Bertz CT molecular complexity index is 700. The van der Waals surface area contributed by atoms with Gasteiger partial charge >= 0.3 is 13.3 Å². The van der Waals surface area contributed by atoms with Gasteiger partial charge in [0.05, 0.1) is 18.9 Å². The van der Waals surface area contributed by atoms with E-state index in [0.29, 0.717) is 0 Å². The van der Waals surface area contributed by atoms with Gasteiger partial charge in [0, 0.05) is 25.8 Å². The van der Waals surface area contributed by atoms with E-state index in [0.717, 1.165) is 23.9 Å². The lowest BCUT2D eigenvalue weighted by Gasteiger charge is -2.31. The Labute approximate surface area is 124 Å². The van der Waals surface area contributed by atoms with E-state index in [1.807, 2.05) is 4.98 Å². The summed E-state index contributed by atoms with van der Waals surface area (Å²) in [6.45, 7) is -0.538. The molecule has 0 radical (unpaired) electrons. The fourth-order valence-corrected chi connectivity index (χ4v) is 3.58. The molecule has 1 aromatic heterocycles. The fraction of sp³-hybridized carbons (Fsp3) is 0.636. The van der Waals surface area contributed by atoms with Gasteiger partial charge in [0.2, 0.25) is 0 Å². The Hall–Kier alpha value is -1.29. The van der Waals surface area contributed by atoms with Crippen molar-refractivity contribution in [3.63, 3.8) is 0 Å². The number of aromatic amines is 1. The molecule has 124 valence electrons. The van der Waals surface area contributed by atoms with Crippen LogP contribution in [0.5, 0.6) is 0 Å². The third-order valence-corrected chi connectivity index (χ3v) is 4.97. The van der Waals surface area contributed by atoms with Gasteiger partial charge in [-0.2, -0.15) is 0 Å². The number of aliphatic hydroxyl groups excluding tert-OH is 2. The third-order valence-electron chi connectivity index (χ3n) is 3.50. The molecule has 2 rings (SSSR count). The van der Waals surface area contributed by atoms with Gasteiger partial charge in [0.25, 0.3) is 5.56 Å². The molecule has 22 heavy (non-hydrogen) atoms. The highest BCUT2D eigenvalue weighted by Gasteiger charge is 2.51. The van der Waals surface area contributed by atoms with Crippen LogP contribution >= 0.6 is 7.60 Å². The van der Waals surface area contributed by atoms with Crippen molar-refractivity contribution < 1.29 is 28.9 Å². The van der Waals surface area contributed by atoms with Crippen molar-refractivity contribution >= 4 is 7.60 Å². The highest BCUT2D eigenvalue weighted by atomic mass is 31.2. The summed E-state index contributed by atoms with van der Waals surface area (Å²) in [6.07, 6.45) is -1.94. The van der Waals surface area contributed by atoms with Crippen LogP contribution in [0.4, 0.5) is 0 Å². The lowest BCUT2D eigenvalue weighted by atomic mass is 10.1. The van der Waals surface area contributed by atoms with Crippen LogP contribution in [0.25, 0.3) is 0 Å². The molecule has 0 bridgehead atoms. The second-order valence-corrected chi connectivity index (χ2v) is 6.97. The maximum Gasteiger partial charge on any atom is 0.332 e.